The number of nitrogens with zero attached hydrogens (tertiary/aromatic N) is 3. The van der Waals surface area contributed by atoms with E-state index in [1.54, 1.807) is 6.92 Å². The Labute approximate surface area is 127 Å². The Morgan fingerprint density at radius 3 is 2.84 bits per heavy atom. The molecular weight excluding hydrogens is 357 g/mol. The molecule has 2 aromatic heterocycles. The van der Waals surface area contributed by atoms with E-state index in [2.05, 4.69) is 26.0 Å². The van der Waals surface area contributed by atoms with Crippen LogP contribution in [0.25, 0.3) is 5.82 Å². The zero-order chi connectivity index (χ0) is 14.0. The first-order valence-corrected chi connectivity index (χ1v) is 6.82. The van der Waals surface area contributed by atoms with E-state index >= 15 is 0 Å². The highest BCUT2D eigenvalue weighted by Crippen LogP contribution is 2.24. The van der Waals surface area contributed by atoms with Crippen LogP contribution < -0.4 is 0 Å². The lowest BCUT2D eigenvalue weighted by molar-refractivity contribution is 0.0515. The number of hydrogen-bond donors (Lipinski definition) is 0. The van der Waals surface area contributed by atoms with Crippen LogP contribution in [0.15, 0.2) is 22.9 Å². The summed E-state index contributed by atoms with van der Waals surface area (Å²) in [7, 11) is 0. The van der Waals surface area contributed by atoms with Crippen molar-refractivity contribution in [1.29, 1.82) is 0 Å². The molecule has 0 aliphatic rings. The van der Waals surface area contributed by atoms with Crippen molar-refractivity contribution in [3.63, 3.8) is 0 Å². The second-order valence-corrected chi connectivity index (χ2v) is 5.10. The second kappa shape index (κ2) is 5.90. The first-order valence-electron chi connectivity index (χ1n) is 5.27. The largest absolute Gasteiger partial charge is 0.461 e. The van der Waals surface area contributed by atoms with Crippen molar-refractivity contribution in [2.45, 2.75) is 6.92 Å². The molecule has 0 aromatic carbocycles. The Balaban J connectivity index is 2.52. The summed E-state index contributed by atoms with van der Waals surface area (Å²) >= 11 is 15.0. The predicted molar refractivity (Wildman–Crippen MR) is 75.0 cm³/mol. The maximum atomic E-state index is 11.8. The monoisotopic (exact) mass is 363 g/mol. The number of ether oxygens (including phenoxy) is 1. The van der Waals surface area contributed by atoms with Crippen LogP contribution in [0, 0.1) is 0 Å². The molecule has 0 saturated heterocycles. The van der Waals surface area contributed by atoms with Gasteiger partial charge in [0.2, 0.25) is 0 Å². The van der Waals surface area contributed by atoms with Crippen molar-refractivity contribution in [3.05, 3.63) is 38.7 Å². The highest BCUT2D eigenvalue weighted by atomic mass is 79.9. The zero-order valence-corrected chi connectivity index (χ0v) is 12.8. The van der Waals surface area contributed by atoms with Gasteiger partial charge in [0.25, 0.3) is 0 Å². The number of pyridine rings is 1. The summed E-state index contributed by atoms with van der Waals surface area (Å²) in [5.74, 6) is -0.201. The number of aromatic nitrogens is 3. The molecule has 0 fully saturated rings. The Kier molecular flexibility index (Phi) is 4.44. The topological polar surface area (TPSA) is 57.0 Å². The minimum atomic E-state index is -0.506. The van der Waals surface area contributed by atoms with E-state index in [9.17, 15) is 4.79 Å². The van der Waals surface area contributed by atoms with Crippen molar-refractivity contribution < 1.29 is 9.53 Å². The number of carbonyl (C=O) groups excluding carboxylic acids is 1. The Morgan fingerprint density at radius 2 is 2.21 bits per heavy atom. The van der Waals surface area contributed by atoms with Crippen LogP contribution >= 0.6 is 39.1 Å². The molecule has 0 amide bonds. The summed E-state index contributed by atoms with van der Waals surface area (Å²) in [6.45, 7) is 1.99. The molecule has 0 aliphatic heterocycles. The molecular formula is C11H8BrCl2N3O2. The molecule has 0 aliphatic carbocycles. The summed E-state index contributed by atoms with van der Waals surface area (Å²) < 4.78 is 6.73. The van der Waals surface area contributed by atoms with Crippen molar-refractivity contribution in [2.24, 2.45) is 0 Å². The molecule has 2 heterocycles. The highest BCUT2D eigenvalue weighted by molar-refractivity contribution is 9.10. The van der Waals surface area contributed by atoms with Crippen LogP contribution in [-0.4, -0.2) is 27.3 Å². The molecule has 0 N–H and O–H groups in total. The molecule has 2 rings (SSSR count). The minimum Gasteiger partial charge on any atom is -0.461 e. The highest BCUT2D eigenvalue weighted by Gasteiger charge is 2.19. The van der Waals surface area contributed by atoms with Gasteiger partial charge in [0.15, 0.2) is 11.5 Å². The van der Waals surface area contributed by atoms with Crippen LogP contribution in [0.5, 0.6) is 0 Å². The normalized spacial score (nSPS) is 10.5. The number of hydrogen-bond acceptors (Lipinski definition) is 4. The lowest BCUT2D eigenvalue weighted by Crippen LogP contribution is -2.13. The van der Waals surface area contributed by atoms with E-state index in [1.807, 2.05) is 0 Å². The first kappa shape index (κ1) is 14.3. The van der Waals surface area contributed by atoms with Crippen LogP contribution in [0.2, 0.25) is 10.0 Å². The SMILES string of the molecule is CCOC(=O)c1cc(Br)nn1-c1ncc(Cl)cc1Cl. The average Bonchev–Trinajstić information content (AvgIpc) is 2.71. The molecule has 0 radical (unpaired) electrons. The summed E-state index contributed by atoms with van der Waals surface area (Å²) in [4.78, 5) is 15.9. The smallest absolute Gasteiger partial charge is 0.357 e. The molecule has 5 nitrogen and oxygen atoms in total. The summed E-state index contributed by atoms with van der Waals surface area (Å²) in [6, 6.07) is 3.06. The standard InChI is InChI=1S/C11H8BrCl2N3O2/c1-2-19-11(18)8-4-9(12)16-17(8)10-7(14)3-6(13)5-15-10/h3-5H,2H2,1H3. The fraction of sp³-hybridized carbons (Fsp3) is 0.182. The second-order valence-electron chi connectivity index (χ2n) is 3.44. The lowest BCUT2D eigenvalue weighted by atomic mass is 10.4. The van der Waals surface area contributed by atoms with Gasteiger partial charge in [-0.3, -0.25) is 0 Å². The molecule has 0 spiro atoms. The third-order valence-corrected chi connectivity index (χ3v) is 3.03. The van der Waals surface area contributed by atoms with Gasteiger partial charge in [-0.2, -0.15) is 5.10 Å². The van der Waals surface area contributed by atoms with Gasteiger partial charge >= 0.3 is 5.97 Å². The van der Waals surface area contributed by atoms with Gasteiger partial charge in [-0.25, -0.2) is 14.5 Å². The van der Waals surface area contributed by atoms with Crippen LogP contribution in [-0.2, 0) is 4.74 Å². The summed E-state index contributed by atoms with van der Waals surface area (Å²) in [5.41, 5.74) is 0.227. The first-order chi connectivity index (χ1) is 9.02. The molecule has 0 saturated carbocycles. The van der Waals surface area contributed by atoms with E-state index < -0.39 is 5.97 Å². The van der Waals surface area contributed by atoms with Crippen LogP contribution in [0.3, 0.4) is 0 Å². The zero-order valence-electron chi connectivity index (χ0n) is 9.73. The number of rotatable bonds is 3. The van der Waals surface area contributed by atoms with E-state index in [-0.39, 0.29) is 17.3 Å². The van der Waals surface area contributed by atoms with Crippen LogP contribution in [0.4, 0.5) is 0 Å². The number of esters is 1. The van der Waals surface area contributed by atoms with Crippen molar-refractivity contribution in [3.8, 4) is 5.82 Å². The number of carbonyl (C=O) groups is 1. The van der Waals surface area contributed by atoms with Gasteiger partial charge in [0, 0.05) is 12.3 Å². The fourth-order valence-corrected chi connectivity index (χ4v) is 2.26. The van der Waals surface area contributed by atoms with E-state index in [0.29, 0.717) is 15.4 Å². The molecule has 19 heavy (non-hydrogen) atoms. The van der Waals surface area contributed by atoms with Gasteiger partial charge in [-0.1, -0.05) is 23.2 Å². The minimum absolute atomic E-state index is 0.227. The third kappa shape index (κ3) is 3.08. The molecule has 2 aromatic rings. The third-order valence-electron chi connectivity index (χ3n) is 2.15. The molecule has 0 atom stereocenters. The van der Waals surface area contributed by atoms with Gasteiger partial charge in [0.1, 0.15) is 4.60 Å². The van der Waals surface area contributed by atoms with Gasteiger partial charge in [-0.05, 0) is 28.9 Å². The van der Waals surface area contributed by atoms with Gasteiger partial charge in [0.05, 0.1) is 16.7 Å². The van der Waals surface area contributed by atoms with Crippen molar-refractivity contribution in [1.82, 2.24) is 14.8 Å². The molecule has 8 heteroatoms. The lowest BCUT2D eigenvalue weighted by Gasteiger charge is -2.07. The molecule has 100 valence electrons. The van der Waals surface area contributed by atoms with Gasteiger partial charge in [-0.15, -0.1) is 0 Å². The van der Waals surface area contributed by atoms with Gasteiger partial charge < -0.3 is 4.74 Å². The quantitative estimate of drug-likeness (QED) is 0.782. The van der Waals surface area contributed by atoms with Crippen LogP contribution in [0.1, 0.15) is 17.4 Å². The van der Waals surface area contributed by atoms with E-state index in [4.69, 9.17) is 27.9 Å². The predicted octanol–water partition coefficient (Wildman–Crippen LogP) is 3.51. The summed E-state index contributed by atoms with van der Waals surface area (Å²) in [5, 5.41) is 4.80. The van der Waals surface area contributed by atoms with Crippen molar-refractivity contribution in [2.75, 3.05) is 6.61 Å². The average molecular weight is 365 g/mol. The Morgan fingerprint density at radius 1 is 1.47 bits per heavy atom. The van der Waals surface area contributed by atoms with E-state index in [1.165, 1.54) is 23.0 Å². The molecule has 0 unspecified atom stereocenters. The number of halogens is 3. The maximum absolute atomic E-state index is 11.8. The Bertz CT molecular complexity index is 630. The molecule has 0 bridgehead atoms. The Hall–Kier alpha value is -1.11. The fourth-order valence-electron chi connectivity index (χ4n) is 1.43. The summed E-state index contributed by atoms with van der Waals surface area (Å²) in [6.07, 6.45) is 1.42. The van der Waals surface area contributed by atoms with E-state index in [0.717, 1.165) is 0 Å². The van der Waals surface area contributed by atoms with Crippen molar-refractivity contribution >= 4 is 45.1 Å². The maximum Gasteiger partial charge on any atom is 0.357 e.